The Morgan fingerprint density at radius 1 is 0.737 bits per heavy atom. The molecule has 0 fully saturated rings. The lowest BCUT2D eigenvalue weighted by Gasteiger charge is -2.24. The number of nitrogens with two attached hydrogens (primary N) is 2. The van der Waals surface area contributed by atoms with Crippen molar-refractivity contribution < 1.29 is 9.59 Å². The van der Waals surface area contributed by atoms with Gasteiger partial charge in [0.15, 0.2) is 0 Å². The van der Waals surface area contributed by atoms with Gasteiger partial charge in [0.1, 0.15) is 5.82 Å². The van der Waals surface area contributed by atoms with Crippen LogP contribution in [0.4, 0.5) is 5.69 Å². The van der Waals surface area contributed by atoms with Crippen LogP contribution in [0.5, 0.6) is 0 Å². The van der Waals surface area contributed by atoms with Crippen molar-refractivity contribution in [2.75, 3.05) is 44.2 Å². The minimum absolute atomic E-state index is 0.0258. The first-order chi connectivity index (χ1) is 18.6. The van der Waals surface area contributed by atoms with E-state index in [1.807, 2.05) is 42.5 Å². The third-order valence-electron chi connectivity index (χ3n) is 6.48. The molecular weight excluding hydrogens is 478 g/mol. The van der Waals surface area contributed by atoms with Crippen LogP contribution in [0, 0.1) is 0 Å². The molecule has 0 spiro atoms. The zero-order valence-electron chi connectivity index (χ0n) is 21.0. The Kier molecular flexibility index (Phi) is 7.48. The molecule has 1 heterocycles. The molecular formula is C29H31N7O2. The van der Waals surface area contributed by atoms with E-state index in [4.69, 9.17) is 16.5 Å². The number of nitrogens with one attached hydrogen (secondary N) is 3. The number of fused-ring (bicyclic) bond motifs is 6. The normalized spacial score (nSPS) is 11.2. The highest BCUT2D eigenvalue weighted by molar-refractivity contribution is 6.23. The molecule has 9 heteroatoms. The Balaban J connectivity index is 1.48. The van der Waals surface area contributed by atoms with Crippen molar-refractivity contribution in [1.29, 1.82) is 0 Å². The number of carbonyl (C=O) groups is 2. The number of hydrogen-bond donors (Lipinski definition) is 5. The van der Waals surface area contributed by atoms with Crippen molar-refractivity contribution in [3.8, 4) is 11.4 Å². The van der Waals surface area contributed by atoms with Gasteiger partial charge in [0.05, 0.1) is 24.1 Å². The molecule has 1 aromatic heterocycles. The quantitative estimate of drug-likeness (QED) is 0.183. The number of rotatable bonds is 10. The maximum Gasteiger partial charge on any atom is 0.239 e. The molecule has 0 aliphatic heterocycles. The zero-order valence-corrected chi connectivity index (χ0v) is 21.0. The average Bonchev–Trinajstić information content (AvgIpc) is 3.41. The molecule has 38 heavy (non-hydrogen) atoms. The molecule has 194 valence electrons. The summed E-state index contributed by atoms with van der Waals surface area (Å²) in [5.41, 5.74) is 14.6. The molecule has 9 nitrogen and oxygen atoms in total. The lowest BCUT2D eigenvalue weighted by Crippen LogP contribution is -2.44. The van der Waals surface area contributed by atoms with Gasteiger partial charge < -0.3 is 32.0 Å². The van der Waals surface area contributed by atoms with Gasteiger partial charge in [-0.3, -0.25) is 9.59 Å². The minimum Gasteiger partial charge on any atom is -0.353 e. The van der Waals surface area contributed by atoms with Gasteiger partial charge in [-0.1, -0.05) is 48.5 Å². The van der Waals surface area contributed by atoms with Gasteiger partial charge in [0, 0.05) is 48.2 Å². The number of aromatic nitrogens is 2. The summed E-state index contributed by atoms with van der Waals surface area (Å²) in [6.07, 6.45) is 0. The largest absolute Gasteiger partial charge is 0.353 e. The van der Waals surface area contributed by atoms with Gasteiger partial charge in [-0.25, -0.2) is 4.98 Å². The number of benzene rings is 4. The highest BCUT2D eigenvalue weighted by atomic mass is 16.2. The molecule has 0 aliphatic carbocycles. The molecule has 2 amide bonds. The predicted molar refractivity (Wildman–Crippen MR) is 153 cm³/mol. The number of H-pyrrole nitrogens is 1. The van der Waals surface area contributed by atoms with Crippen molar-refractivity contribution in [3.05, 3.63) is 72.8 Å². The lowest BCUT2D eigenvalue weighted by atomic mass is 10.0. The topological polar surface area (TPSA) is 142 Å². The van der Waals surface area contributed by atoms with Crippen LogP contribution in [0.25, 0.3) is 44.0 Å². The van der Waals surface area contributed by atoms with Gasteiger partial charge in [-0.2, -0.15) is 0 Å². The Hall–Kier alpha value is -4.47. The number of amides is 2. The third-order valence-corrected chi connectivity index (χ3v) is 6.48. The predicted octanol–water partition coefficient (Wildman–Crippen LogP) is 2.49. The second-order valence-corrected chi connectivity index (χ2v) is 9.08. The van der Waals surface area contributed by atoms with Crippen molar-refractivity contribution in [2.24, 2.45) is 11.5 Å². The molecule has 0 saturated carbocycles. The molecule has 7 N–H and O–H groups in total. The highest BCUT2D eigenvalue weighted by Gasteiger charge is 2.17. The van der Waals surface area contributed by atoms with Crippen LogP contribution in [0.1, 0.15) is 0 Å². The van der Waals surface area contributed by atoms with Crippen LogP contribution in [-0.4, -0.2) is 61.1 Å². The summed E-state index contributed by atoms with van der Waals surface area (Å²) >= 11 is 0. The number of nitrogens with zero attached hydrogens (tertiary/aromatic N) is 2. The monoisotopic (exact) mass is 509 g/mol. The Morgan fingerprint density at radius 3 is 1.84 bits per heavy atom. The van der Waals surface area contributed by atoms with E-state index in [1.165, 1.54) is 10.8 Å². The first-order valence-electron chi connectivity index (χ1n) is 12.7. The van der Waals surface area contributed by atoms with Crippen LogP contribution < -0.4 is 27.0 Å². The van der Waals surface area contributed by atoms with Crippen LogP contribution in [0.3, 0.4) is 0 Å². The second kappa shape index (κ2) is 11.3. The molecule has 0 aliphatic rings. The van der Waals surface area contributed by atoms with E-state index in [0.717, 1.165) is 38.9 Å². The molecule has 0 radical (unpaired) electrons. The van der Waals surface area contributed by atoms with Gasteiger partial charge in [-0.05, 0) is 35.0 Å². The van der Waals surface area contributed by atoms with Crippen molar-refractivity contribution in [2.45, 2.75) is 0 Å². The standard InChI is InChI=1S/C29H31N7O2/c30-13-15-32-25(37)17-36(18-26(38)33-16-14-31)20-11-9-19(10-12-20)29-34-27-23-7-3-1-5-21(23)22-6-2-4-8-24(22)28(27)35-29/h1-12H,13-18,30-31H2,(H,32,37)(H,33,38)(H,34,35). The summed E-state index contributed by atoms with van der Waals surface area (Å²) in [7, 11) is 0. The maximum atomic E-state index is 12.4. The number of anilines is 1. The lowest BCUT2D eigenvalue weighted by molar-refractivity contribution is -0.120. The van der Waals surface area contributed by atoms with E-state index in [-0.39, 0.29) is 24.9 Å². The van der Waals surface area contributed by atoms with Gasteiger partial charge in [0.2, 0.25) is 11.8 Å². The molecule has 0 atom stereocenters. The Labute approximate surface area is 220 Å². The molecule has 0 unspecified atom stereocenters. The van der Waals surface area contributed by atoms with Gasteiger partial charge in [-0.15, -0.1) is 0 Å². The van der Waals surface area contributed by atoms with E-state index < -0.39 is 0 Å². The number of aromatic amines is 1. The zero-order chi connectivity index (χ0) is 26.5. The summed E-state index contributed by atoms with van der Waals surface area (Å²) in [6, 6.07) is 24.3. The van der Waals surface area contributed by atoms with E-state index in [2.05, 4.69) is 45.9 Å². The van der Waals surface area contributed by atoms with E-state index in [9.17, 15) is 9.59 Å². The summed E-state index contributed by atoms with van der Waals surface area (Å²) in [5.74, 6) is 0.338. The SMILES string of the molecule is NCCNC(=O)CN(CC(=O)NCCN)c1ccc(-c2nc3c4ccccc4c4ccccc4c3[nH]2)cc1. The fourth-order valence-corrected chi connectivity index (χ4v) is 4.71. The van der Waals surface area contributed by atoms with Crippen LogP contribution >= 0.6 is 0 Å². The number of hydrogen-bond acceptors (Lipinski definition) is 6. The summed E-state index contributed by atoms with van der Waals surface area (Å²) < 4.78 is 0. The van der Waals surface area contributed by atoms with Crippen LogP contribution in [0.2, 0.25) is 0 Å². The molecule has 5 aromatic rings. The number of carbonyl (C=O) groups excluding carboxylic acids is 2. The average molecular weight is 510 g/mol. The second-order valence-electron chi connectivity index (χ2n) is 9.08. The Bertz CT molecular complexity index is 1500. The molecule has 5 rings (SSSR count). The number of imidazole rings is 1. The van der Waals surface area contributed by atoms with Gasteiger partial charge in [0.25, 0.3) is 0 Å². The summed E-state index contributed by atoms with van der Waals surface area (Å²) in [5, 5.41) is 10.1. The molecule has 0 saturated heterocycles. The summed E-state index contributed by atoms with van der Waals surface area (Å²) in [4.78, 5) is 35.0. The highest BCUT2D eigenvalue weighted by Crippen LogP contribution is 2.35. The first-order valence-corrected chi connectivity index (χ1v) is 12.7. The van der Waals surface area contributed by atoms with Crippen molar-refractivity contribution in [1.82, 2.24) is 20.6 Å². The van der Waals surface area contributed by atoms with E-state index >= 15 is 0 Å². The van der Waals surface area contributed by atoms with Crippen LogP contribution in [-0.2, 0) is 9.59 Å². The molecule has 0 bridgehead atoms. The van der Waals surface area contributed by atoms with Crippen LogP contribution in [0.15, 0.2) is 72.8 Å². The van der Waals surface area contributed by atoms with E-state index in [0.29, 0.717) is 26.2 Å². The molecule has 4 aromatic carbocycles. The fourth-order valence-electron chi connectivity index (χ4n) is 4.71. The van der Waals surface area contributed by atoms with Gasteiger partial charge >= 0.3 is 0 Å². The van der Waals surface area contributed by atoms with E-state index in [1.54, 1.807) is 4.90 Å². The fraction of sp³-hybridized carbons (Fsp3) is 0.207. The summed E-state index contributed by atoms with van der Waals surface area (Å²) in [6.45, 7) is 1.50. The minimum atomic E-state index is -0.206. The third kappa shape index (κ3) is 5.15. The smallest absolute Gasteiger partial charge is 0.239 e. The maximum absolute atomic E-state index is 12.4. The van der Waals surface area contributed by atoms with Crippen molar-refractivity contribution >= 4 is 50.1 Å². The first kappa shape index (κ1) is 25.2. The van der Waals surface area contributed by atoms with Crippen molar-refractivity contribution in [3.63, 3.8) is 0 Å². The Morgan fingerprint density at radius 2 is 1.26 bits per heavy atom.